The van der Waals surface area contributed by atoms with Gasteiger partial charge in [-0.25, -0.2) is 4.79 Å². The van der Waals surface area contributed by atoms with Crippen LogP contribution in [0, 0.1) is 0 Å². The predicted molar refractivity (Wildman–Crippen MR) is 65.7 cm³/mol. The average molecular weight is 344 g/mol. The minimum Gasteiger partial charge on any atom is -0.464 e. The molecule has 23 heavy (non-hydrogen) atoms. The molecule has 1 aromatic carbocycles. The fraction of sp³-hybridized carbons (Fsp3) is 0.462. The Morgan fingerprint density at radius 1 is 1.13 bits per heavy atom. The summed E-state index contributed by atoms with van der Waals surface area (Å²) in [6.45, 7) is 1.44. The topological polar surface area (TPSA) is 76.0 Å². The van der Waals surface area contributed by atoms with Crippen molar-refractivity contribution < 1.29 is 46.4 Å². The van der Waals surface area contributed by atoms with Crippen LogP contribution in [-0.4, -0.2) is 41.2 Å². The number of benzene rings is 1. The lowest BCUT2D eigenvalue weighted by molar-refractivity contribution is -0.360. The van der Waals surface area contributed by atoms with E-state index in [1.54, 1.807) is 0 Å². The van der Waals surface area contributed by atoms with Gasteiger partial charge in [0.2, 0.25) is 0 Å². The molecule has 2 unspecified atom stereocenters. The highest BCUT2D eigenvalue weighted by Gasteiger charge is 2.61. The quantitative estimate of drug-likeness (QED) is 0.611. The minimum absolute atomic E-state index is 0.0398. The molecule has 0 heterocycles. The van der Waals surface area contributed by atoms with Crippen LogP contribution in [0.15, 0.2) is 24.3 Å². The number of halogens is 5. The molecule has 0 amide bonds. The van der Waals surface area contributed by atoms with Gasteiger partial charge < -0.3 is 19.7 Å². The van der Waals surface area contributed by atoms with Crippen molar-refractivity contribution in [1.29, 1.82) is 0 Å². The number of ether oxygens (including phenoxy) is 2. The van der Waals surface area contributed by atoms with E-state index in [0.717, 1.165) is 24.3 Å². The Bertz CT molecular complexity index is 529. The van der Waals surface area contributed by atoms with Gasteiger partial charge in [-0.05, 0) is 24.6 Å². The summed E-state index contributed by atoms with van der Waals surface area (Å²) < 4.78 is 69.4. The summed E-state index contributed by atoms with van der Waals surface area (Å²) in [6.07, 6.45) is -14.9. The van der Waals surface area contributed by atoms with E-state index in [1.807, 2.05) is 0 Å². The Kier molecular flexibility index (Phi) is 5.89. The first-order valence-electron chi connectivity index (χ1n) is 6.26. The molecule has 0 radical (unpaired) electrons. The molecule has 0 bridgehead atoms. The highest BCUT2D eigenvalue weighted by Crippen LogP contribution is 2.37. The van der Waals surface area contributed by atoms with Gasteiger partial charge in [0.25, 0.3) is 0 Å². The van der Waals surface area contributed by atoms with E-state index in [4.69, 9.17) is 0 Å². The van der Waals surface area contributed by atoms with E-state index in [0.29, 0.717) is 0 Å². The molecule has 1 rings (SSSR count). The second kappa shape index (κ2) is 7.09. The Hall–Kier alpha value is -1.94. The van der Waals surface area contributed by atoms with E-state index in [2.05, 4.69) is 9.47 Å². The van der Waals surface area contributed by atoms with Crippen molar-refractivity contribution in [2.75, 3.05) is 6.61 Å². The van der Waals surface area contributed by atoms with Crippen LogP contribution in [0.4, 0.5) is 22.0 Å². The van der Waals surface area contributed by atoms with Crippen molar-refractivity contribution in [1.82, 2.24) is 0 Å². The second-order valence-corrected chi connectivity index (χ2v) is 4.33. The number of carbonyl (C=O) groups excluding carboxylic acids is 1. The van der Waals surface area contributed by atoms with Crippen LogP contribution in [0.2, 0.25) is 0 Å². The number of rotatable bonds is 6. The summed E-state index contributed by atoms with van der Waals surface area (Å²) >= 11 is 0. The first-order chi connectivity index (χ1) is 10.5. The Labute approximate surface area is 127 Å². The van der Waals surface area contributed by atoms with Gasteiger partial charge in [-0.3, -0.25) is 0 Å². The first kappa shape index (κ1) is 19.1. The molecule has 0 aromatic heterocycles. The molecule has 0 aliphatic heterocycles. The molecule has 2 N–H and O–H groups in total. The largest absolute Gasteiger partial charge is 0.499 e. The predicted octanol–water partition coefficient (Wildman–Crippen LogP) is 2.18. The van der Waals surface area contributed by atoms with Gasteiger partial charge in [-0.2, -0.15) is 22.0 Å². The maximum absolute atomic E-state index is 12.7. The van der Waals surface area contributed by atoms with Gasteiger partial charge >= 0.3 is 18.3 Å². The zero-order valence-electron chi connectivity index (χ0n) is 11.7. The van der Waals surface area contributed by atoms with Crippen molar-refractivity contribution in [2.24, 2.45) is 0 Å². The van der Waals surface area contributed by atoms with Crippen LogP contribution in [0.1, 0.15) is 18.6 Å². The van der Waals surface area contributed by atoms with Crippen molar-refractivity contribution in [3.8, 4) is 5.75 Å². The first-order valence-corrected chi connectivity index (χ1v) is 6.26. The van der Waals surface area contributed by atoms with E-state index >= 15 is 0 Å². The maximum atomic E-state index is 12.7. The zero-order chi connectivity index (χ0) is 17.8. The number of aliphatic hydroxyl groups is 2. The number of aliphatic hydroxyl groups excluding tert-OH is 2. The third-order valence-electron chi connectivity index (χ3n) is 2.62. The molecule has 0 saturated heterocycles. The van der Waals surface area contributed by atoms with E-state index in [1.165, 1.54) is 6.92 Å². The molecule has 0 aliphatic rings. The third kappa shape index (κ3) is 4.76. The van der Waals surface area contributed by atoms with Crippen molar-refractivity contribution in [3.05, 3.63) is 29.8 Å². The molecule has 5 nitrogen and oxygen atoms in total. The molecule has 1 aromatic rings. The Morgan fingerprint density at radius 3 is 2.09 bits per heavy atom. The normalized spacial score (nSPS) is 15.0. The van der Waals surface area contributed by atoms with Gasteiger partial charge in [0.15, 0.2) is 6.10 Å². The van der Waals surface area contributed by atoms with Gasteiger partial charge in [-0.15, -0.1) is 0 Å². The van der Waals surface area contributed by atoms with Gasteiger partial charge in [0.1, 0.15) is 11.9 Å². The van der Waals surface area contributed by atoms with Crippen LogP contribution < -0.4 is 4.74 Å². The van der Waals surface area contributed by atoms with E-state index in [9.17, 15) is 37.0 Å². The highest BCUT2D eigenvalue weighted by molar-refractivity contribution is 5.75. The van der Waals surface area contributed by atoms with Crippen LogP contribution >= 0.6 is 0 Å². The lowest BCUT2D eigenvalue weighted by Crippen LogP contribution is -2.41. The highest BCUT2D eigenvalue weighted by atomic mass is 19.4. The molecule has 10 heteroatoms. The van der Waals surface area contributed by atoms with E-state index < -0.39 is 36.2 Å². The molecule has 130 valence electrons. The average Bonchev–Trinajstić information content (AvgIpc) is 2.45. The molecule has 0 saturated carbocycles. The zero-order valence-corrected chi connectivity index (χ0v) is 11.7. The summed E-state index contributed by atoms with van der Waals surface area (Å²) in [6, 6.07) is 3.32. The van der Waals surface area contributed by atoms with Crippen LogP contribution in [0.3, 0.4) is 0 Å². The number of hydrogen-bond acceptors (Lipinski definition) is 5. The number of hydrogen-bond donors (Lipinski definition) is 2. The minimum atomic E-state index is -5.88. The van der Waals surface area contributed by atoms with Crippen LogP contribution in [0.5, 0.6) is 5.75 Å². The lowest BCUT2D eigenvalue weighted by Gasteiger charge is -2.21. The summed E-state index contributed by atoms with van der Waals surface area (Å²) in [5.74, 6) is -1.92. The molecular weight excluding hydrogens is 331 g/mol. The molecule has 0 aliphatic carbocycles. The van der Waals surface area contributed by atoms with Gasteiger partial charge in [0, 0.05) is 0 Å². The van der Waals surface area contributed by atoms with Crippen molar-refractivity contribution >= 4 is 5.97 Å². The Balaban J connectivity index is 2.82. The third-order valence-corrected chi connectivity index (χ3v) is 2.62. The summed E-state index contributed by atoms with van der Waals surface area (Å²) in [5, 5.41) is 19.2. The van der Waals surface area contributed by atoms with Gasteiger partial charge in [-0.1, -0.05) is 12.1 Å². The van der Waals surface area contributed by atoms with Crippen LogP contribution in [0.25, 0.3) is 0 Å². The summed E-state index contributed by atoms with van der Waals surface area (Å²) in [4.78, 5) is 11.2. The van der Waals surface area contributed by atoms with E-state index in [-0.39, 0.29) is 12.2 Å². The Morgan fingerprint density at radius 2 is 1.65 bits per heavy atom. The SMILES string of the molecule is CCOC(=O)C(O)C(O)c1ccc(OC(F)(F)C(F)(F)F)cc1. The number of carbonyl (C=O) groups is 1. The second-order valence-electron chi connectivity index (χ2n) is 4.33. The number of alkyl halides is 5. The fourth-order valence-corrected chi connectivity index (χ4v) is 1.48. The maximum Gasteiger partial charge on any atom is 0.499 e. The standard InChI is InChI=1S/C13H13F5O5/c1-2-22-11(21)10(20)9(19)7-3-5-8(6-4-7)23-13(17,18)12(14,15)16/h3-6,9-10,19-20H,2H2,1H3. The summed E-state index contributed by atoms with van der Waals surface area (Å²) in [7, 11) is 0. The smallest absolute Gasteiger partial charge is 0.464 e. The van der Waals surface area contributed by atoms with Crippen molar-refractivity contribution in [2.45, 2.75) is 31.4 Å². The summed E-state index contributed by atoms with van der Waals surface area (Å²) in [5.41, 5.74) is -0.103. The van der Waals surface area contributed by atoms with Crippen molar-refractivity contribution in [3.63, 3.8) is 0 Å². The monoisotopic (exact) mass is 344 g/mol. The van der Waals surface area contributed by atoms with Crippen LogP contribution in [-0.2, 0) is 9.53 Å². The number of esters is 1. The molecular formula is C13H13F5O5. The molecule has 0 fully saturated rings. The molecule has 0 spiro atoms. The lowest BCUT2D eigenvalue weighted by atomic mass is 10.0. The van der Waals surface area contributed by atoms with Gasteiger partial charge in [0.05, 0.1) is 6.61 Å². The molecule has 2 atom stereocenters. The fourth-order valence-electron chi connectivity index (χ4n) is 1.48.